The van der Waals surface area contributed by atoms with Gasteiger partial charge in [0.05, 0.1) is 6.61 Å². The Kier molecular flexibility index (Phi) is 6.00. The summed E-state index contributed by atoms with van der Waals surface area (Å²) in [6.45, 7) is 1.91. The van der Waals surface area contributed by atoms with Crippen molar-refractivity contribution in [2.24, 2.45) is 0 Å². The second kappa shape index (κ2) is 6.17. The highest BCUT2D eigenvalue weighted by atomic mass is 79.9. The van der Waals surface area contributed by atoms with Crippen LogP contribution in [0.25, 0.3) is 0 Å². The number of amides is 1. The largest absolute Gasteiger partial charge is 0.449 e. The van der Waals surface area contributed by atoms with Gasteiger partial charge < -0.3 is 4.74 Å². The smallest absolute Gasteiger partial charge is 0.421 e. The second-order valence-corrected chi connectivity index (χ2v) is 4.20. The molecule has 0 bridgehead atoms. The maximum Gasteiger partial charge on any atom is 0.421 e. The molecule has 0 aromatic heterocycles. The average molecular weight is 275 g/mol. The van der Waals surface area contributed by atoms with Gasteiger partial charge in [-0.05, 0) is 6.92 Å². The van der Waals surface area contributed by atoms with Gasteiger partial charge in [-0.25, -0.2) is 9.52 Å². The normalized spacial score (nSPS) is 10.9. The quantitative estimate of drug-likeness (QED) is 0.690. The fraction of sp³-hybridized carbons (Fsp3) is 0.800. The van der Waals surface area contributed by atoms with E-state index in [0.29, 0.717) is 5.33 Å². The molecule has 0 unspecified atom stereocenters. The molecule has 0 aliphatic heterocycles. The molecule has 13 heavy (non-hydrogen) atoms. The maximum atomic E-state index is 10.9. The Morgan fingerprint density at radius 1 is 1.54 bits per heavy atom. The first-order chi connectivity index (χ1) is 6.02. The molecule has 0 aromatic carbocycles. The number of alkyl halides is 1. The molecule has 0 fully saturated rings. The van der Waals surface area contributed by atoms with E-state index in [9.17, 15) is 13.2 Å². The molecule has 78 valence electrons. The van der Waals surface area contributed by atoms with Gasteiger partial charge in [-0.1, -0.05) is 15.9 Å². The van der Waals surface area contributed by atoms with Gasteiger partial charge >= 0.3 is 16.3 Å². The van der Waals surface area contributed by atoms with Gasteiger partial charge in [0.2, 0.25) is 0 Å². The minimum absolute atomic E-state index is 0.125. The summed E-state index contributed by atoms with van der Waals surface area (Å²) in [5.74, 6) is 0. The molecule has 8 heteroatoms. The van der Waals surface area contributed by atoms with Crippen molar-refractivity contribution in [1.82, 2.24) is 9.44 Å². The topological polar surface area (TPSA) is 84.5 Å². The van der Waals surface area contributed by atoms with Crippen LogP contribution in [-0.4, -0.2) is 33.0 Å². The monoisotopic (exact) mass is 274 g/mol. The molecule has 2 N–H and O–H groups in total. The van der Waals surface area contributed by atoms with Crippen molar-refractivity contribution in [2.45, 2.75) is 6.92 Å². The van der Waals surface area contributed by atoms with Crippen molar-refractivity contribution in [3.63, 3.8) is 0 Å². The minimum Gasteiger partial charge on any atom is -0.449 e. The molecule has 0 saturated carbocycles. The van der Waals surface area contributed by atoms with E-state index >= 15 is 0 Å². The fourth-order valence-electron chi connectivity index (χ4n) is 0.479. The van der Waals surface area contributed by atoms with E-state index in [1.165, 1.54) is 0 Å². The number of hydrogen-bond donors (Lipinski definition) is 2. The van der Waals surface area contributed by atoms with Gasteiger partial charge in [-0.3, -0.25) is 0 Å². The molecule has 6 nitrogen and oxygen atoms in total. The Labute approximate surface area is 85.3 Å². The van der Waals surface area contributed by atoms with Gasteiger partial charge in [0.1, 0.15) is 0 Å². The van der Waals surface area contributed by atoms with Gasteiger partial charge in [0, 0.05) is 11.9 Å². The zero-order chi connectivity index (χ0) is 10.3. The van der Waals surface area contributed by atoms with Crippen molar-refractivity contribution in [3.05, 3.63) is 0 Å². The first-order valence-electron chi connectivity index (χ1n) is 3.52. The molecule has 0 aliphatic rings. The molecular formula is C5H11BrN2O4S. The number of nitrogens with one attached hydrogen (secondary N) is 2. The van der Waals surface area contributed by atoms with Crippen molar-refractivity contribution in [3.8, 4) is 0 Å². The molecule has 0 saturated heterocycles. The average Bonchev–Trinajstić information content (AvgIpc) is 2.00. The van der Waals surface area contributed by atoms with E-state index < -0.39 is 16.3 Å². The highest BCUT2D eigenvalue weighted by Crippen LogP contribution is 1.83. The molecule has 0 radical (unpaired) electrons. The number of ether oxygens (including phenoxy) is 1. The summed E-state index contributed by atoms with van der Waals surface area (Å²) in [4.78, 5) is 10.7. The van der Waals surface area contributed by atoms with E-state index in [-0.39, 0.29) is 13.2 Å². The van der Waals surface area contributed by atoms with Crippen molar-refractivity contribution < 1.29 is 17.9 Å². The molecule has 0 aliphatic carbocycles. The highest BCUT2D eigenvalue weighted by molar-refractivity contribution is 9.09. The van der Waals surface area contributed by atoms with Crippen LogP contribution in [0.2, 0.25) is 0 Å². The first-order valence-corrected chi connectivity index (χ1v) is 6.12. The number of halogens is 1. The van der Waals surface area contributed by atoms with Crippen LogP contribution in [0, 0.1) is 0 Å². The zero-order valence-electron chi connectivity index (χ0n) is 7.04. The molecule has 0 rings (SSSR count). The summed E-state index contributed by atoms with van der Waals surface area (Å²) in [6.07, 6.45) is -0.982. The molecule has 0 atom stereocenters. The predicted octanol–water partition coefficient (Wildman–Crippen LogP) is -0.0382. The van der Waals surface area contributed by atoms with Crippen LogP contribution in [0.1, 0.15) is 6.92 Å². The van der Waals surface area contributed by atoms with Crippen LogP contribution < -0.4 is 9.44 Å². The Morgan fingerprint density at radius 2 is 2.15 bits per heavy atom. The van der Waals surface area contributed by atoms with Crippen LogP contribution >= 0.6 is 15.9 Å². The maximum absolute atomic E-state index is 10.9. The van der Waals surface area contributed by atoms with Crippen molar-refractivity contribution in [1.29, 1.82) is 0 Å². The number of carbonyl (C=O) groups excluding carboxylic acids is 1. The Morgan fingerprint density at radius 3 is 2.62 bits per heavy atom. The number of carbonyl (C=O) groups is 1. The van der Waals surface area contributed by atoms with Gasteiger partial charge in [-0.2, -0.15) is 13.1 Å². The Balaban J connectivity index is 3.95. The van der Waals surface area contributed by atoms with Crippen LogP contribution in [0.5, 0.6) is 0 Å². The summed E-state index contributed by atoms with van der Waals surface area (Å²) in [6, 6.07) is 0. The summed E-state index contributed by atoms with van der Waals surface area (Å²) < 4.78 is 30.0. The lowest BCUT2D eigenvalue weighted by molar-refractivity contribution is 0.158. The fourth-order valence-corrected chi connectivity index (χ4v) is 1.66. The van der Waals surface area contributed by atoms with Gasteiger partial charge in [0.15, 0.2) is 0 Å². The van der Waals surface area contributed by atoms with E-state index in [1.807, 2.05) is 0 Å². The predicted molar refractivity (Wildman–Crippen MR) is 50.9 cm³/mol. The standard InChI is InChI=1S/C5H11BrN2O4S/c1-2-12-5(9)8-13(10,11)7-4-3-6/h7H,2-4H2,1H3,(H,8,9). The van der Waals surface area contributed by atoms with Crippen LogP contribution in [-0.2, 0) is 14.9 Å². The summed E-state index contributed by atoms with van der Waals surface area (Å²) in [5, 5.41) is 0.469. The van der Waals surface area contributed by atoms with Gasteiger partial charge in [0.25, 0.3) is 0 Å². The third kappa shape index (κ3) is 6.79. The molecule has 0 aromatic rings. The second-order valence-electron chi connectivity index (χ2n) is 1.91. The molecule has 0 spiro atoms. The first kappa shape index (κ1) is 12.7. The minimum atomic E-state index is -3.77. The van der Waals surface area contributed by atoms with Crippen molar-refractivity contribution in [2.75, 3.05) is 18.5 Å². The number of hydrogen-bond acceptors (Lipinski definition) is 4. The van der Waals surface area contributed by atoms with E-state index in [0.717, 1.165) is 0 Å². The third-order valence-corrected chi connectivity index (χ3v) is 2.30. The van der Waals surface area contributed by atoms with Crippen molar-refractivity contribution >= 4 is 32.2 Å². The summed E-state index contributed by atoms with van der Waals surface area (Å²) in [5.41, 5.74) is 0. The lowest BCUT2D eigenvalue weighted by Crippen LogP contribution is -2.41. The Hall–Kier alpha value is -0.340. The summed E-state index contributed by atoms with van der Waals surface area (Å²) in [7, 11) is -3.77. The van der Waals surface area contributed by atoms with Gasteiger partial charge in [-0.15, -0.1) is 0 Å². The van der Waals surface area contributed by atoms with Crippen LogP contribution in [0.4, 0.5) is 4.79 Å². The summed E-state index contributed by atoms with van der Waals surface area (Å²) >= 11 is 3.03. The van der Waals surface area contributed by atoms with E-state index in [4.69, 9.17) is 0 Å². The molecule has 1 amide bonds. The zero-order valence-corrected chi connectivity index (χ0v) is 9.44. The van der Waals surface area contributed by atoms with E-state index in [1.54, 1.807) is 11.6 Å². The molecule has 0 heterocycles. The van der Waals surface area contributed by atoms with Crippen LogP contribution in [0.15, 0.2) is 0 Å². The SMILES string of the molecule is CCOC(=O)NS(=O)(=O)NCCBr. The lowest BCUT2D eigenvalue weighted by atomic mass is 10.8. The van der Waals surface area contributed by atoms with Crippen LogP contribution in [0.3, 0.4) is 0 Å². The lowest BCUT2D eigenvalue weighted by Gasteiger charge is -2.06. The van der Waals surface area contributed by atoms with E-state index in [2.05, 4.69) is 25.4 Å². The Bertz CT molecular complexity index is 253. The molecular weight excluding hydrogens is 264 g/mol. The highest BCUT2D eigenvalue weighted by Gasteiger charge is 2.13. The number of rotatable bonds is 5. The third-order valence-electron chi connectivity index (χ3n) is 0.880.